The van der Waals surface area contributed by atoms with Crippen LogP contribution in [0, 0.1) is 13.8 Å². The molecule has 0 fully saturated rings. The maximum Gasteiger partial charge on any atom is 0.311 e. The number of rotatable bonds is 5. The summed E-state index contributed by atoms with van der Waals surface area (Å²) in [6.45, 7) is 6.17. The van der Waals surface area contributed by atoms with E-state index in [1.807, 2.05) is 26.0 Å². The van der Waals surface area contributed by atoms with Gasteiger partial charge in [-0.2, -0.15) is 5.10 Å². The SMILES string of the molecule is CCOC(=O)Cc1nn(Cc2ccc(Cl)c(Cl)c2)c(=O)c2cc(C)c(C)cc12. The minimum absolute atomic E-state index is 0.00546. The number of esters is 1. The molecular formula is C21H20Cl2N2O3. The van der Waals surface area contributed by atoms with Gasteiger partial charge >= 0.3 is 5.97 Å². The van der Waals surface area contributed by atoms with E-state index in [0.717, 1.165) is 16.7 Å². The Labute approximate surface area is 172 Å². The van der Waals surface area contributed by atoms with Crippen LogP contribution in [0.3, 0.4) is 0 Å². The third kappa shape index (κ3) is 4.21. The first-order valence-electron chi connectivity index (χ1n) is 8.90. The predicted molar refractivity (Wildman–Crippen MR) is 111 cm³/mol. The van der Waals surface area contributed by atoms with Crippen LogP contribution >= 0.6 is 23.2 Å². The number of nitrogens with zero attached hydrogens (tertiary/aromatic N) is 2. The summed E-state index contributed by atoms with van der Waals surface area (Å²) in [5.74, 6) is -0.380. The van der Waals surface area contributed by atoms with Crippen LogP contribution in [0.5, 0.6) is 0 Å². The van der Waals surface area contributed by atoms with Gasteiger partial charge in [-0.05, 0) is 61.7 Å². The number of halogens is 2. The number of benzene rings is 2. The average Bonchev–Trinajstić information content (AvgIpc) is 2.64. The van der Waals surface area contributed by atoms with Crippen molar-refractivity contribution in [1.29, 1.82) is 0 Å². The zero-order chi connectivity index (χ0) is 20.4. The minimum Gasteiger partial charge on any atom is -0.466 e. The highest BCUT2D eigenvalue weighted by Crippen LogP contribution is 2.23. The topological polar surface area (TPSA) is 61.2 Å². The normalized spacial score (nSPS) is 11.0. The van der Waals surface area contributed by atoms with Crippen LogP contribution in [0.4, 0.5) is 0 Å². The summed E-state index contributed by atoms with van der Waals surface area (Å²) in [5.41, 5.74) is 3.10. The van der Waals surface area contributed by atoms with E-state index >= 15 is 0 Å². The van der Waals surface area contributed by atoms with E-state index < -0.39 is 0 Å². The van der Waals surface area contributed by atoms with Gasteiger partial charge in [0.05, 0.1) is 40.7 Å². The molecule has 0 aliphatic rings. The summed E-state index contributed by atoms with van der Waals surface area (Å²) in [5, 5.41) is 6.52. The van der Waals surface area contributed by atoms with Gasteiger partial charge in [0.25, 0.3) is 5.56 Å². The molecule has 0 saturated heterocycles. The molecule has 3 rings (SSSR count). The first-order chi connectivity index (χ1) is 13.3. The van der Waals surface area contributed by atoms with E-state index in [1.165, 1.54) is 4.68 Å². The number of carbonyl (C=O) groups is 1. The number of ether oxygens (including phenoxy) is 1. The summed E-state index contributed by atoms with van der Waals surface area (Å²) >= 11 is 12.1. The molecule has 1 aromatic heterocycles. The number of hydrogen-bond donors (Lipinski definition) is 0. The Kier molecular flexibility index (Phi) is 6.06. The summed E-state index contributed by atoms with van der Waals surface area (Å²) in [6, 6.07) is 8.91. The van der Waals surface area contributed by atoms with Crippen LogP contribution in [0.25, 0.3) is 10.8 Å². The van der Waals surface area contributed by atoms with Gasteiger partial charge in [0, 0.05) is 5.39 Å². The van der Waals surface area contributed by atoms with Crippen LogP contribution in [0.1, 0.15) is 29.3 Å². The molecule has 7 heteroatoms. The molecule has 0 unspecified atom stereocenters. The van der Waals surface area contributed by atoms with Crippen molar-refractivity contribution < 1.29 is 9.53 Å². The summed E-state index contributed by atoms with van der Waals surface area (Å²) in [6.07, 6.45) is -0.00546. The number of aryl methyl sites for hydroxylation is 2. The molecule has 0 amide bonds. The molecule has 0 saturated carbocycles. The van der Waals surface area contributed by atoms with Gasteiger partial charge in [-0.25, -0.2) is 4.68 Å². The molecule has 0 aliphatic carbocycles. The van der Waals surface area contributed by atoms with Crippen molar-refractivity contribution in [2.45, 2.75) is 33.7 Å². The van der Waals surface area contributed by atoms with Gasteiger partial charge in [0.1, 0.15) is 0 Å². The first kappa shape index (κ1) is 20.4. The highest BCUT2D eigenvalue weighted by Gasteiger charge is 2.16. The Hall–Kier alpha value is -2.37. The Morgan fingerprint density at radius 1 is 1.07 bits per heavy atom. The van der Waals surface area contributed by atoms with Crippen LogP contribution in [-0.4, -0.2) is 22.4 Å². The molecule has 3 aromatic rings. The second-order valence-corrected chi connectivity index (χ2v) is 7.44. The zero-order valence-electron chi connectivity index (χ0n) is 15.9. The molecule has 2 aromatic carbocycles. The fraction of sp³-hybridized carbons (Fsp3) is 0.286. The van der Waals surface area contributed by atoms with E-state index in [-0.39, 0.29) is 31.1 Å². The van der Waals surface area contributed by atoms with Crippen molar-refractivity contribution in [3.8, 4) is 0 Å². The van der Waals surface area contributed by atoms with Crippen molar-refractivity contribution in [2.24, 2.45) is 0 Å². The van der Waals surface area contributed by atoms with Crippen LogP contribution < -0.4 is 5.56 Å². The van der Waals surface area contributed by atoms with Crippen LogP contribution in [0.15, 0.2) is 35.1 Å². The molecule has 0 bridgehead atoms. The van der Waals surface area contributed by atoms with E-state index in [2.05, 4.69) is 5.10 Å². The molecule has 5 nitrogen and oxygen atoms in total. The lowest BCUT2D eigenvalue weighted by Crippen LogP contribution is -2.26. The number of fused-ring (bicyclic) bond motifs is 1. The number of hydrogen-bond acceptors (Lipinski definition) is 4. The summed E-state index contributed by atoms with van der Waals surface area (Å²) in [7, 11) is 0. The minimum atomic E-state index is -0.380. The van der Waals surface area contributed by atoms with Crippen molar-refractivity contribution in [3.63, 3.8) is 0 Å². The Bertz CT molecular complexity index is 1120. The van der Waals surface area contributed by atoms with E-state index in [0.29, 0.717) is 26.5 Å². The van der Waals surface area contributed by atoms with E-state index in [9.17, 15) is 9.59 Å². The van der Waals surface area contributed by atoms with Gasteiger partial charge in [-0.1, -0.05) is 29.3 Å². The molecule has 0 aliphatic heterocycles. The van der Waals surface area contributed by atoms with Gasteiger partial charge in [0.15, 0.2) is 0 Å². The second-order valence-electron chi connectivity index (χ2n) is 6.62. The Morgan fingerprint density at radius 3 is 2.39 bits per heavy atom. The molecular weight excluding hydrogens is 399 g/mol. The van der Waals surface area contributed by atoms with E-state index in [4.69, 9.17) is 27.9 Å². The monoisotopic (exact) mass is 418 g/mol. The lowest BCUT2D eigenvalue weighted by atomic mass is 10.0. The third-order valence-electron chi connectivity index (χ3n) is 4.58. The number of aromatic nitrogens is 2. The quantitative estimate of drug-likeness (QED) is 0.573. The first-order valence-corrected chi connectivity index (χ1v) is 9.66. The highest BCUT2D eigenvalue weighted by atomic mass is 35.5. The summed E-state index contributed by atoms with van der Waals surface area (Å²) in [4.78, 5) is 25.1. The molecule has 0 radical (unpaired) electrons. The van der Waals surface area contributed by atoms with Gasteiger partial charge in [-0.15, -0.1) is 0 Å². The summed E-state index contributed by atoms with van der Waals surface area (Å²) < 4.78 is 6.42. The van der Waals surface area contributed by atoms with Gasteiger partial charge in [-0.3, -0.25) is 9.59 Å². The largest absolute Gasteiger partial charge is 0.466 e. The maximum atomic E-state index is 13.0. The average molecular weight is 419 g/mol. The Balaban J connectivity index is 2.15. The van der Waals surface area contributed by atoms with Gasteiger partial charge in [0.2, 0.25) is 0 Å². The lowest BCUT2D eigenvalue weighted by molar-refractivity contribution is -0.142. The second kappa shape index (κ2) is 8.33. The molecule has 1 heterocycles. The number of carbonyl (C=O) groups excluding carboxylic acids is 1. The van der Waals surface area contributed by atoms with E-state index in [1.54, 1.807) is 25.1 Å². The van der Waals surface area contributed by atoms with Crippen molar-refractivity contribution >= 4 is 39.9 Å². The molecule has 0 atom stereocenters. The van der Waals surface area contributed by atoms with Crippen molar-refractivity contribution in [2.75, 3.05) is 6.61 Å². The van der Waals surface area contributed by atoms with Crippen molar-refractivity contribution in [1.82, 2.24) is 9.78 Å². The fourth-order valence-electron chi connectivity index (χ4n) is 3.01. The molecule has 0 spiro atoms. The Morgan fingerprint density at radius 2 is 1.75 bits per heavy atom. The predicted octanol–water partition coefficient (Wildman–Crippen LogP) is 4.47. The molecule has 146 valence electrons. The molecule has 28 heavy (non-hydrogen) atoms. The van der Waals surface area contributed by atoms with Crippen LogP contribution in [0.2, 0.25) is 10.0 Å². The lowest BCUT2D eigenvalue weighted by Gasteiger charge is -2.13. The van der Waals surface area contributed by atoms with Crippen LogP contribution in [-0.2, 0) is 22.5 Å². The zero-order valence-corrected chi connectivity index (χ0v) is 17.4. The standard InChI is InChI=1S/C21H20Cl2N2O3/c1-4-28-20(26)10-19-15-7-12(2)13(3)8-16(15)21(27)25(24-19)11-14-5-6-17(22)18(23)9-14/h5-9H,4,10-11H2,1-3H3. The highest BCUT2D eigenvalue weighted by molar-refractivity contribution is 6.42. The van der Waals surface area contributed by atoms with Gasteiger partial charge < -0.3 is 4.74 Å². The van der Waals surface area contributed by atoms with Crippen molar-refractivity contribution in [3.05, 3.63) is 73.1 Å². The smallest absolute Gasteiger partial charge is 0.311 e. The molecule has 0 N–H and O–H groups in total. The maximum absolute atomic E-state index is 13.0. The fourth-order valence-corrected chi connectivity index (χ4v) is 3.33. The third-order valence-corrected chi connectivity index (χ3v) is 5.32.